The molecule has 0 radical (unpaired) electrons. The van der Waals surface area contributed by atoms with Crippen molar-refractivity contribution < 1.29 is 23.3 Å². The number of ether oxygens (including phenoxy) is 3. The summed E-state index contributed by atoms with van der Waals surface area (Å²) >= 11 is 0. The fourth-order valence-electron chi connectivity index (χ4n) is 4.39. The molecule has 0 aliphatic carbocycles. The number of piperidine rings is 1. The van der Waals surface area contributed by atoms with Gasteiger partial charge in [0.05, 0.1) is 19.0 Å². The molecule has 2 aromatic rings. The van der Waals surface area contributed by atoms with Crippen LogP contribution in [0.25, 0.3) is 0 Å². The molecule has 2 heterocycles. The molecule has 0 saturated carbocycles. The van der Waals surface area contributed by atoms with Gasteiger partial charge in [-0.1, -0.05) is 24.6 Å². The van der Waals surface area contributed by atoms with Crippen molar-refractivity contribution in [3.63, 3.8) is 0 Å². The maximum atomic E-state index is 11.0. The second-order valence-electron chi connectivity index (χ2n) is 8.30. The topological polar surface area (TPSA) is 71.4 Å². The first-order chi connectivity index (χ1) is 15.0. The fourth-order valence-corrected chi connectivity index (χ4v) is 6.18. The first-order valence-corrected chi connectivity index (χ1v) is 12.7. The molecule has 6 nitrogen and oxygen atoms in total. The molecule has 0 aromatic heterocycles. The van der Waals surface area contributed by atoms with Crippen LogP contribution in [0.4, 0.5) is 0 Å². The summed E-state index contributed by atoms with van der Waals surface area (Å²) in [7, 11) is -1.56. The van der Waals surface area contributed by atoms with Gasteiger partial charge in [0.25, 0.3) is 0 Å². The van der Waals surface area contributed by atoms with Gasteiger partial charge in [-0.25, -0.2) is 0 Å². The first-order valence-electron chi connectivity index (χ1n) is 11.1. The van der Waals surface area contributed by atoms with E-state index in [1.54, 1.807) is 25.1 Å². The minimum Gasteiger partial charge on any atom is -0.495 e. The third kappa shape index (κ3) is 4.80. The SMILES string of the molecule is COc1cccc2c1S(O)(O)C(C)C(c1ccc(OCCCN3CCCCC3)cc1)O2. The van der Waals surface area contributed by atoms with Crippen LogP contribution < -0.4 is 14.2 Å². The fraction of sp³-hybridized carbons (Fsp3) is 0.500. The molecule has 31 heavy (non-hydrogen) atoms. The van der Waals surface area contributed by atoms with Crippen LogP contribution in [0.1, 0.15) is 44.3 Å². The second-order valence-corrected chi connectivity index (χ2v) is 10.6. The van der Waals surface area contributed by atoms with Crippen LogP contribution in [0.3, 0.4) is 0 Å². The van der Waals surface area contributed by atoms with Crippen molar-refractivity contribution in [3.05, 3.63) is 48.0 Å². The van der Waals surface area contributed by atoms with E-state index in [-0.39, 0.29) is 0 Å². The Morgan fingerprint density at radius 3 is 2.52 bits per heavy atom. The Kier molecular flexibility index (Phi) is 6.96. The van der Waals surface area contributed by atoms with Crippen LogP contribution >= 0.6 is 10.6 Å². The highest BCUT2D eigenvalue weighted by Crippen LogP contribution is 2.65. The van der Waals surface area contributed by atoms with Crippen molar-refractivity contribution in [2.75, 3.05) is 33.4 Å². The van der Waals surface area contributed by atoms with E-state index < -0.39 is 21.9 Å². The Bertz CT molecular complexity index is 867. The predicted molar refractivity (Wildman–Crippen MR) is 124 cm³/mol. The summed E-state index contributed by atoms with van der Waals surface area (Å²) in [6.07, 6.45) is 4.54. The van der Waals surface area contributed by atoms with Crippen molar-refractivity contribution in [2.45, 2.75) is 48.9 Å². The third-order valence-electron chi connectivity index (χ3n) is 6.21. The molecule has 2 unspecified atom stereocenters. The van der Waals surface area contributed by atoms with Crippen molar-refractivity contribution in [2.24, 2.45) is 0 Å². The van der Waals surface area contributed by atoms with Gasteiger partial charge in [-0.2, -0.15) is 10.6 Å². The van der Waals surface area contributed by atoms with E-state index in [4.69, 9.17) is 14.2 Å². The standard InChI is InChI=1S/C24H33NO5S/c1-18-23(30-22-9-6-8-21(28-2)24(22)31(18,26)27)19-10-12-20(13-11-19)29-17-7-16-25-14-4-3-5-15-25/h6,8-13,18,23,26-27H,3-5,7,14-17H2,1-2H3. The van der Waals surface area contributed by atoms with Crippen LogP contribution in [-0.4, -0.2) is 52.6 Å². The summed E-state index contributed by atoms with van der Waals surface area (Å²) in [5.74, 6) is 1.72. The molecular weight excluding hydrogens is 414 g/mol. The molecule has 2 N–H and O–H groups in total. The first kappa shape index (κ1) is 22.3. The van der Waals surface area contributed by atoms with Crippen LogP contribution in [0.2, 0.25) is 0 Å². The van der Waals surface area contributed by atoms with Gasteiger partial charge in [-0.15, -0.1) is 0 Å². The summed E-state index contributed by atoms with van der Waals surface area (Å²) in [5, 5.41) is -0.507. The summed E-state index contributed by atoms with van der Waals surface area (Å²) in [6.45, 7) is 6.01. The Labute approximate surface area is 186 Å². The summed E-state index contributed by atoms with van der Waals surface area (Å²) in [6, 6.07) is 13.0. The zero-order valence-electron chi connectivity index (χ0n) is 18.3. The van der Waals surface area contributed by atoms with Crippen molar-refractivity contribution in [1.82, 2.24) is 4.90 Å². The quantitative estimate of drug-likeness (QED) is 0.540. The Morgan fingerprint density at radius 1 is 1.06 bits per heavy atom. The van der Waals surface area contributed by atoms with Crippen LogP contribution in [-0.2, 0) is 0 Å². The maximum absolute atomic E-state index is 11.0. The van der Waals surface area contributed by atoms with E-state index in [0.29, 0.717) is 23.0 Å². The Morgan fingerprint density at radius 2 is 1.81 bits per heavy atom. The van der Waals surface area contributed by atoms with Crippen molar-refractivity contribution >= 4 is 10.6 Å². The van der Waals surface area contributed by atoms with Gasteiger partial charge in [-0.05, 0) is 69.1 Å². The zero-order chi connectivity index (χ0) is 21.8. The van der Waals surface area contributed by atoms with Gasteiger partial charge >= 0.3 is 0 Å². The lowest BCUT2D eigenvalue weighted by atomic mass is 10.1. The summed E-state index contributed by atoms with van der Waals surface area (Å²) < 4.78 is 39.4. The number of hydrogen-bond acceptors (Lipinski definition) is 6. The lowest BCUT2D eigenvalue weighted by Crippen LogP contribution is -2.31. The van der Waals surface area contributed by atoms with Gasteiger partial charge < -0.3 is 19.1 Å². The van der Waals surface area contributed by atoms with Crippen molar-refractivity contribution in [1.29, 1.82) is 0 Å². The molecule has 2 aromatic carbocycles. The minimum absolute atomic E-state index is 0.356. The van der Waals surface area contributed by atoms with E-state index in [1.165, 1.54) is 39.5 Å². The minimum atomic E-state index is -3.09. The number of hydrogen-bond donors (Lipinski definition) is 2. The van der Waals surface area contributed by atoms with Gasteiger partial charge in [0, 0.05) is 6.54 Å². The number of nitrogens with zero attached hydrogens (tertiary/aromatic N) is 1. The molecule has 170 valence electrons. The maximum Gasteiger partial charge on any atom is 0.147 e. The average molecular weight is 448 g/mol. The molecular formula is C24H33NO5S. The van der Waals surface area contributed by atoms with Crippen molar-refractivity contribution in [3.8, 4) is 17.2 Å². The molecule has 2 aliphatic rings. The lowest BCUT2D eigenvalue weighted by molar-refractivity contribution is 0.178. The molecule has 1 fully saturated rings. The highest BCUT2D eigenvalue weighted by Gasteiger charge is 2.42. The molecule has 1 saturated heterocycles. The highest BCUT2D eigenvalue weighted by molar-refractivity contribution is 8.25. The monoisotopic (exact) mass is 447 g/mol. The van der Waals surface area contributed by atoms with Gasteiger partial charge in [-0.3, -0.25) is 9.11 Å². The van der Waals surface area contributed by atoms with E-state index in [2.05, 4.69) is 4.90 Å². The molecule has 2 aliphatic heterocycles. The number of methoxy groups -OCH3 is 1. The summed E-state index contributed by atoms with van der Waals surface area (Å²) in [5.41, 5.74) is 0.890. The molecule has 0 amide bonds. The lowest BCUT2D eigenvalue weighted by Gasteiger charge is -2.47. The van der Waals surface area contributed by atoms with Crippen LogP contribution in [0, 0.1) is 0 Å². The normalized spacial score (nSPS) is 24.0. The molecule has 0 spiro atoms. The van der Waals surface area contributed by atoms with Gasteiger partial charge in [0.15, 0.2) is 0 Å². The van der Waals surface area contributed by atoms with Crippen LogP contribution in [0.15, 0.2) is 47.4 Å². The molecule has 2 atom stereocenters. The van der Waals surface area contributed by atoms with E-state index in [1.807, 2.05) is 24.3 Å². The van der Waals surface area contributed by atoms with Gasteiger partial charge in [0.2, 0.25) is 0 Å². The largest absolute Gasteiger partial charge is 0.495 e. The second kappa shape index (κ2) is 9.69. The predicted octanol–water partition coefficient (Wildman–Crippen LogP) is 5.58. The third-order valence-corrected chi connectivity index (χ3v) is 8.49. The molecule has 4 rings (SSSR count). The highest BCUT2D eigenvalue weighted by atomic mass is 32.3. The number of benzene rings is 2. The molecule has 0 bridgehead atoms. The smallest absolute Gasteiger partial charge is 0.147 e. The molecule has 7 heteroatoms. The number of likely N-dealkylation sites (tertiary alicyclic amines) is 1. The average Bonchev–Trinajstić information content (AvgIpc) is 2.80. The van der Waals surface area contributed by atoms with Gasteiger partial charge in [0.1, 0.15) is 28.2 Å². The van der Waals surface area contributed by atoms with E-state index in [0.717, 1.165) is 24.3 Å². The number of rotatable bonds is 7. The van der Waals surface area contributed by atoms with E-state index in [9.17, 15) is 9.11 Å². The Hall–Kier alpha value is -1.93. The van der Waals surface area contributed by atoms with E-state index >= 15 is 0 Å². The Balaban J connectivity index is 1.39. The summed E-state index contributed by atoms with van der Waals surface area (Å²) in [4.78, 5) is 2.87. The zero-order valence-corrected chi connectivity index (χ0v) is 19.1. The van der Waals surface area contributed by atoms with Crippen LogP contribution in [0.5, 0.6) is 17.2 Å². The number of fused-ring (bicyclic) bond motifs is 1.